The van der Waals surface area contributed by atoms with E-state index in [1.807, 2.05) is 6.07 Å². The Morgan fingerprint density at radius 2 is 1.89 bits per heavy atom. The Balaban J connectivity index is 2.67. The molecule has 1 rings (SSSR count). The minimum absolute atomic E-state index is 0.347. The summed E-state index contributed by atoms with van der Waals surface area (Å²) in [6.45, 7) is 4.79. The molecule has 98 valence electrons. The summed E-state index contributed by atoms with van der Waals surface area (Å²) in [6, 6.07) is 6.46. The van der Waals surface area contributed by atoms with Gasteiger partial charge in [0, 0.05) is 17.9 Å². The average Bonchev–Trinajstić information content (AvgIpc) is 2.26. The number of hydrogen-bond donors (Lipinski definition) is 4. The quantitative estimate of drug-likeness (QED) is 0.480. The predicted octanol–water partition coefficient (Wildman–Crippen LogP) is 1.56. The number of nitrogens with two attached hydrogens (primary N) is 2. The molecule has 2 amide bonds. The second-order valence-corrected chi connectivity index (χ2v) is 4.31. The summed E-state index contributed by atoms with van der Waals surface area (Å²) < 4.78 is 0. The van der Waals surface area contributed by atoms with Gasteiger partial charge in [-0.3, -0.25) is 4.99 Å². The molecule has 0 aliphatic carbocycles. The van der Waals surface area contributed by atoms with E-state index in [0.717, 1.165) is 5.69 Å². The Kier molecular flexibility index (Phi) is 4.98. The second kappa shape index (κ2) is 6.48. The summed E-state index contributed by atoms with van der Waals surface area (Å²) in [5.41, 5.74) is 12.1. The van der Waals surface area contributed by atoms with Crippen LogP contribution in [-0.4, -0.2) is 18.5 Å². The molecule has 6 N–H and O–H groups in total. The van der Waals surface area contributed by atoms with Crippen LogP contribution in [0.2, 0.25) is 0 Å². The van der Waals surface area contributed by atoms with Crippen molar-refractivity contribution < 1.29 is 4.79 Å². The van der Waals surface area contributed by atoms with Gasteiger partial charge >= 0.3 is 6.03 Å². The van der Waals surface area contributed by atoms with Gasteiger partial charge in [-0.25, -0.2) is 4.79 Å². The number of guanidine groups is 1. The fourth-order valence-corrected chi connectivity index (χ4v) is 1.29. The molecule has 6 heteroatoms. The molecule has 0 saturated carbocycles. The lowest BCUT2D eigenvalue weighted by atomic mass is 10.2. The number of carbonyl (C=O) groups is 1. The van der Waals surface area contributed by atoms with Gasteiger partial charge in [-0.15, -0.1) is 0 Å². The number of carbonyl (C=O) groups excluding carboxylic acids is 1. The van der Waals surface area contributed by atoms with Gasteiger partial charge in [0.2, 0.25) is 0 Å². The fourth-order valence-electron chi connectivity index (χ4n) is 1.29. The SMILES string of the molecule is CC(C)CN=C(N)Nc1cccc(NC(N)=O)c1. The van der Waals surface area contributed by atoms with Crippen LogP contribution in [0.5, 0.6) is 0 Å². The zero-order valence-electron chi connectivity index (χ0n) is 10.6. The molecule has 0 atom stereocenters. The first-order valence-electron chi connectivity index (χ1n) is 5.71. The van der Waals surface area contributed by atoms with Crippen molar-refractivity contribution in [3.63, 3.8) is 0 Å². The zero-order valence-corrected chi connectivity index (χ0v) is 10.6. The Bertz CT molecular complexity index is 442. The smallest absolute Gasteiger partial charge is 0.316 e. The number of amides is 2. The zero-order chi connectivity index (χ0) is 13.5. The highest BCUT2D eigenvalue weighted by Gasteiger charge is 1.99. The van der Waals surface area contributed by atoms with Crippen LogP contribution in [0.4, 0.5) is 16.2 Å². The molecule has 1 aromatic carbocycles. The van der Waals surface area contributed by atoms with Gasteiger partial charge in [0.15, 0.2) is 5.96 Å². The Labute approximate surface area is 106 Å². The third-order valence-corrected chi connectivity index (χ3v) is 2.03. The van der Waals surface area contributed by atoms with E-state index in [9.17, 15) is 4.79 Å². The van der Waals surface area contributed by atoms with Crippen molar-refractivity contribution in [1.82, 2.24) is 0 Å². The van der Waals surface area contributed by atoms with Crippen LogP contribution < -0.4 is 22.1 Å². The minimum atomic E-state index is -0.603. The molecule has 0 bridgehead atoms. The predicted molar refractivity (Wildman–Crippen MR) is 74.6 cm³/mol. The molecular formula is C12H19N5O. The van der Waals surface area contributed by atoms with E-state index in [2.05, 4.69) is 29.5 Å². The maximum atomic E-state index is 10.7. The van der Waals surface area contributed by atoms with Gasteiger partial charge in [0.05, 0.1) is 0 Å². The highest BCUT2D eigenvalue weighted by Crippen LogP contribution is 2.14. The van der Waals surface area contributed by atoms with Gasteiger partial charge in [-0.1, -0.05) is 19.9 Å². The maximum absolute atomic E-state index is 10.7. The second-order valence-electron chi connectivity index (χ2n) is 4.31. The lowest BCUT2D eigenvalue weighted by Gasteiger charge is -2.08. The third kappa shape index (κ3) is 5.20. The number of nitrogens with one attached hydrogen (secondary N) is 2. The normalized spacial score (nSPS) is 11.4. The van der Waals surface area contributed by atoms with Crippen molar-refractivity contribution in [2.45, 2.75) is 13.8 Å². The first kappa shape index (κ1) is 13.8. The molecule has 0 radical (unpaired) electrons. The van der Waals surface area contributed by atoms with Gasteiger partial charge < -0.3 is 22.1 Å². The lowest BCUT2D eigenvalue weighted by molar-refractivity contribution is 0.259. The van der Waals surface area contributed by atoms with Crippen LogP contribution in [0.15, 0.2) is 29.3 Å². The van der Waals surface area contributed by atoms with E-state index in [1.165, 1.54) is 0 Å². The molecule has 0 unspecified atom stereocenters. The van der Waals surface area contributed by atoms with Crippen molar-refractivity contribution >= 4 is 23.4 Å². The van der Waals surface area contributed by atoms with Gasteiger partial charge in [0.25, 0.3) is 0 Å². The number of rotatable bonds is 4. The van der Waals surface area contributed by atoms with E-state index >= 15 is 0 Å². The largest absolute Gasteiger partial charge is 0.370 e. The maximum Gasteiger partial charge on any atom is 0.316 e. The first-order valence-corrected chi connectivity index (χ1v) is 5.71. The van der Waals surface area contributed by atoms with E-state index in [1.54, 1.807) is 18.2 Å². The van der Waals surface area contributed by atoms with Crippen molar-refractivity contribution in [2.75, 3.05) is 17.2 Å². The molecule has 18 heavy (non-hydrogen) atoms. The standard InChI is InChI=1S/C12H19N5O/c1-8(2)7-15-11(13)16-9-4-3-5-10(6-9)17-12(14)18/h3-6,8H,7H2,1-2H3,(H3,13,15,16)(H3,14,17,18). The molecule has 1 aromatic rings. The van der Waals surface area contributed by atoms with Crippen LogP contribution in [0.1, 0.15) is 13.8 Å². The summed E-state index contributed by atoms with van der Waals surface area (Å²) in [6.07, 6.45) is 0. The van der Waals surface area contributed by atoms with E-state index < -0.39 is 6.03 Å². The molecule has 0 heterocycles. The number of anilines is 2. The molecule has 0 fully saturated rings. The summed E-state index contributed by atoms with van der Waals surface area (Å²) in [5, 5.41) is 5.43. The van der Waals surface area contributed by atoms with E-state index in [-0.39, 0.29) is 0 Å². The molecule has 6 nitrogen and oxygen atoms in total. The Hall–Kier alpha value is -2.24. The van der Waals surface area contributed by atoms with Crippen molar-refractivity contribution in [3.05, 3.63) is 24.3 Å². The number of urea groups is 1. The number of aliphatic imine (C=N–C) groups is 1. The average molecular weight is 249 g/mol. The van der Waals surface area contributed by atoms with Crippen molar-refractivity contribution in [3.8, 4) is 0 Å². The van der Waals surface area contributed by atoms with Crippen molar-refractivity contribution in [1.29, 1.82) is 0 Å². The Morgan fingerprint density at radius 1 is 1.28 bits per heavy atom. The van der Waals surface area contributed by atoms with Crippen LogP contribution in [0, 0.1) is 5.92 Å². The fraction of sp³-hybridized carbons (Fsp3) is 0.333. The first-order chi connectivity index (χ1) is 8.47. The highest BCUT2D eigenvalue weighted by molar-refractivity contribution is 5.94. The molecule has 0 saturated heterocycles. The van der Waals surface area contributed by atoms with E-state index in [4.69, 9.17) is 11.5 Å². The molecule has 0 spiro atoms. The number of primary amides is 1. The molecule has 0 aromatic heterocycles. The summed E-state index contributed by atoms with van der Waals surface area (Å²) in [7, 11) is 0. The number of nitrogens with zero attached hydrogens (tertiary/aromatic N) is 1. The van der Waals surface area contributed by atoms with Crippen LogP contribution in [0.3, 0.4) is 0 Å². The topological polar surface area (TPSA) is 106 Å². The summed E-state index contributed by atoms with van der Waals surface area (Å²) in [5.74, 6) is 0.799. The van der Waals surface area contributed by atoms with Crippen LogP contribution in [0.25, 0.3) is 0 Å². The van der Waals surface area contributed by atoms with Gasteiger partial charge in [-0.2, -0.15) is 0 Å². The van der Waals surface area contributed by atoms with E-state index in [0.29, 0.717) is 24.1 Å². The number of benzene rings is 1. The minimum Gasteiger partial charge on any atom is -0.370 e. The van der Waals surface area contributed by atoms with Crippen molar-refractivity contribution in [2.24, 2.45) is 22.4 Å². The van der Waals surface area contributed by atoms with Crippen LogP contribution in [-0.2, 0) is 0 Å². The van der Waals surface area contributed by atoms with Gasteiger partial charge in [0.1, 0.15) is 0 Å². The molecule has 0 aliphatic rings. The molecule has 0 aliphatic heterocycles. The van der Waals surface area contributed by atoms with Gasteiger partial charge in [-0.05, 0) is 24.1 Å². The Morgan fingerprint density at radius 3 is 2.44 bits per heavy atom. The van der Waals surface area contributed by atoms with Crippen LogP contribution >= 0.6 is 0 Å². The lowest BCUT2D eigenvalue weighted by Crippen LogP contribution is -2.23. The monoisotopic (exact) mass is 249 g/mol. The summed E-state index contributed by atoms with van der Waals surface area (Å²) in [4.78, 5) is 14.9. The summed E-state index contributed by atoms with van der Waals surface area (Å²) >= 11 is 0. The number of hydrogen-bond acceptors (Lipinski definition) is 2. The highest BCUT2D eigenvalue weighted by atomic mass is 16.2. The molecular weight excluding hydrogens is 230 g/mol. The third-order valence-electron chi connectivity index (χ3n) is 2.03.